The van der Waals surface area contributed by atoms with Crippen molar-refractivity contribution >= 4 is 17.6 Å². The van der Waals surface area contributed by atoms with Crippen LogP contribution in [0.25, 0.3) is 0 Å². The van der Waals surface area contributed by atoms with Gasteiger partial charge in [0.05, 0.1) is 10.6 Å². The summed E-state index contributed by atoms with van der Waals surface area (Å²) in [5.74, 6) is -1.98. The quantitative estimate of drug-likeness (QED) is 0.637. The molecule has 1 aliphatic heterocycles. The normalized spacial score (nSPS) is 12.3. The zero-order valence-electron chi connectivity index (χ0n) is 11.1. The Kier molecular flexibility index (Phi) is 3.85. The Morgan fingerprint density at radius 3 is 2.68 bits per heavy atom. The van der Waals surface area contributed by atoms with E-state index in [9.17, 15) is 13.6 Å². The second-order valence-electron chi connectivity index (χ2n) is 4.51. The molecule has 0 aliphatic carbocycles. The van der Waals surface area contributed by atoms with Gasteiger partial charge in [0.1, 0.15) is 6.61 Å². The van der Waals surface area contributed by atoms with Gasteiger partial charge in [-0.3, -0.25) is 0 Å². The first-order valence-electron chi connectivity index (χ1n) is 6.25. The third-order valence-corrected chi connectivity index (χ3v) is 3.35. The fourth-order valence-electron chi connectivity index (χ4n) is 1.94. The number of halogens is 3. The van der Waals surface area contributed by atoms with E-state index >= 15 is 0 Å². The average molecular weight is 327 g/mol. The molecule has 114 valence electrons. The molecule has 0 N–H and O–H groups in total. The zero-order chi connectivity index (χ0) is 15.7. The molecule has 0 bridgehead atoms. The highest BCUT2D eigenvalue weighted by Gasteiger charge is 2.17. The lowest BCUT2D eigenvalue weighted by Gasteiger charge is -2.07. The maximum Gasteiger partial charge on any atom is 0.340 e. The summed E-state index contributed by atoms with van der Waals surface area (Å²) in [5, 5.41) is -0.213. The zero-order valence-corrected chi connectivity index (χ0v) is 11.8. The predicted octanol–water partition coefficient (Wildman–Crippen LogP) is 3.70. The number of hydrogen-bond donors (Lipinski definition) is 0. The molecule has 0 fully saturated rings. The number of fused-ring (bicyclic) bond motifs is 1. The van der Waals surface area contributed by atoms with Gasteiger partial charge < -0.3 is 14.2 Å². The Morgan fingerprint density at radius 2 is 1.86 bits per heavy atom. The molecular formula is C15H9ClF2O4. The minimum atomic E-state index is -1.17. The first-order valence-corrected chi connectivity index (χ1v) is 6.62. The lowest BCUT2D eigenvalue weighted by atomic mass is 10.2. The lowest BCUT2D eigenvalue weighted by molar-refractivity contribution is 0.0472. The third-order valence-electron chi connectivity index (χ3n) is 3.04. The van der Waals surface area contributed by atoms with Crippen molar-refractivity contribution in [2.45, 2.75) is 6.61 Å². The summed E-state index contributed by atoms with van der Waals surface area (Å²) in [4.78, 5) is 11.9. The molecular weight excluding hydrogens is 318 g/mol. The summed E-state index contributed by atoms with van der Waals surface area (Å²) in [6.45, 7) is 0.0772. The van der Waals surface area contributed by atoms with Crippen LogP contribution >= 0.6 is 11.6 Å². The van der Waals surface area contributed by atoms with E-state index in [1.807, 2.05) is 0 Å². The standard InChI is InChI=1S/C15H9ClF2O4/c16-10-5-12(18)11(17)4-9(10)15(19)20-6-8-1-2-13-14(3-8)22-7-21-13/h1-5H,6-7H2. The van der Waals surface area contributed by atoms with Crippen molar-refractivity contribution in [3.8, 4) is 11.5 Å². The molecule has 7 heteroatoms. The van der Waals surface area contributed by atoms with Gasteiger partial charge in [-0.15, -0.1) is 0 Å². The molecule has 4 nitrogen and oxygen atoms in total. The van der Waals surface area contributed by atoms with E-state index in [4.69, 9.17) is 25.8 Å². The Balaban J connectivity index is 1.71. The fraction of sp³-hybridized carbons (Fsp3) is 0.133. The molecule has 0 aromatic heterocycles. The SMILES string of the molecule is O=C(OCc1ccc2c(c1)OCO2)c1cc(F)c(F)cc1Cl. The van der Waals surface area contributed by atoms with E-state index in [0.29, 0.717) is 23.1 Å². The van der Waals surface area contributed by atoms with E-state index in [0.717, 1.165) is 6.07 Å². The fourth-order valence-corrected chi connectivity index (χ4v) is 2.16. The van der Waals surface area contributed by atoms with Crippen molar-refractivity contribution in [1.29, 1.82) is 0 Å². The molecule has 0 saturated heterocycles. The van der Waals surface area contributed by atoms with Crippen molar-refractivity contribution < 1.29 is 27.8 Å². The van der Waals surface area contributed by atoms with E-state index in [1.54, 1.807) is 18.2 Å². The highest BCUT2D eigenvalue weighted by Crippen LogP contribution is 2.32. The van der Waals surface area contributed by atoms with E-state index in [1.165, 1.54) is 0 Å². The topological polar surface area (TPSA) is 44.8 Å². The van der Waals surface area contributed by atoms with Gasteiger partial charge in [-0.25, -0.2) is 13.6 Å². The molecule has 0 amide bonds. The van der Waals surface area contributed by atoms with Crippen LogP contribution < -0.4 is 9.47 Å². The second kappa shape index (κ2) is 5.81. The summed E-state index contributed by atoms with van der Waals surface area (Å²) in [6, 6.07) is 6.50. The van der Waals surface area contributed by atoms with Gasteiger partial charge in [-0.2, -0.15) is 0 Å². The number of ether oxygens (including phenoxy) is 3. The Hall–Kier alpha value is -2.34. The highest BCUT2D eigenvalue weighted by molar-refractivity contribution is 6.33. The van der Waals surface area contributed by atoms with E-state index in [2.05, 4.69) is 0 Å². The molecule has 0 spiro atoms. The van der Waals surface area contributed by atoms with Crippen molar-refractivity contribution in [3.05, 3.63) is 58.1 Å². The van der Waals surface area contributed by atoms with Crippen LogP contribution in [-0.2, 0) is 11.3 Å². The minimum Gasteiger partial charge on any atom is -0.457 e. The van der Waals surface area contributed by atoms with E-state index < -0.39 is 17.6 Å². The second-order valence-corrected chi connectivity index (χ2v) is 4.92. The number of esters is 1. The Labute approximate surface area is 129 Å². The molecule has 2 aromatic carbocycles. The number of rotatable bonds is 3. The summed E-state index contributed by atoms with van der Waals surface area (Å²) in [7, 11) is 0. The lowest BCUT2D eigenvalue weighted by Crippen LogP contribution is -2.07. The molecule has 1 heterocycles. The monoisotopic (exact) mass is 326 g/mol. The van der Waals surface area contributed by atoms with Gasteiger partial charge in [0.15, 0.2) is 23.1 Å². The van der Waals surface area contributed by atoms with Crippen molar-refractivity contribution in [2.75, 3.05) is 6.79 Å². The van der Waals surface area contributed by atoms with Crippen LogP contribution in [0.2, 0.25) is 5.02 Å². The molecule has 3 rings (SSSR count). The predicted molar refractivity (Wildman–Crippen MR) is 73.1 cm³/mol. The summed E-state index contributed by atoms with van der Waals surface area (Å²) < 4.78 is 41.5. The van der Waals surface area contributed by atoms with Crippen molar-refractivity contribution in [1.82, 2.24) is 0 Å². The smallest absolute Gasteiger partial charge is 0.340 e. The van der Waals surface area contributed by atoms with Crippen LogP contribution in [0.1, 0.15) is 15.9 Å². The van der Waals surface area contributed by atoms with Crippen molar-refractivity contribution in [2.24, 2.45) is 0 Å². The van der Waals surface area contributed by atoms with Gasteiger partial charge in [0, 0.05) is 0 Å². The van der Waals surface area contributed by atoms with Crippen LogP contribution in [0.15, 0.2) is 30.3 Å². The first kappa shape index (κ1) is 14.6. The summed E-state index contributed by atoms with van der Waals surface area (Å²) in [5.41, 5.74) is 0.428. The molecule has 0 unspecified atom stereocenters. The largest absolute Gasteiger partial charge is 0.457 e. The van der Waals surface area contributed by atoms with Crippen LogP contribution in [0.4, 0.5) is 8.78 Å². The average Bonchev–Trinajstić information content (AvgIpc) is 2.96. The molecule has 1 aliphatic rings. The third kappa shape index (κ3) is 2.82. The molecule has 2 aromatic rings. The van der Waals surface area contributed by atoms with Gasteiger partial charge in [-0.05, 0) is 29.8 Å². The number of carbonyl (C=O) groups is 1. The maximum absolute atomic E-state index is 13.2. The Morgan fingerprint density at radius 1 is 1.14 bits per heavy atom. The number of hydrogen-bond acceptors (Lipinski definition) is 4. The minimum absolute atomic E-state index is 0.0647. The molecule has 0 saturated carbocycles. The van der Waals surface area contributed by atoms with Crippen LogP contribution in [-0.4, -0.2) is 12.8 Å². The van der Waals surface area contributed by atoms with Gasteiger partial charge in [0.25, 0.3) is 0 Å². The van der Waals surface area contributed by atoms with Gasteiger partial charge in [0.2, 0.25) is 6.79 Å². The maximum atomic E-state index is 13.2. The number of carbonyl (C=O) groups excluding carboxylic acids is 1. The van der Waals surface area contributed by atoms with Crippen LogP contribution in [0.3, 0.4) is 0 Å². The molecule has 0 atom stereocenters. The van der Waals surface area contributed by atoms with Crippen molar-refractivity contribution in [3.63, 3.8) is 0 Å². The van der Waals surface area contributed by atoms with Gasteiger partial charge in [-0.1, -0.05) is 17.7 Å². The molecule has 0 radical (unpaired) electrons. The Bertz CT molecular complexity index is 749. The van der Waals surface area contributed by atoms with Gasteiger partial charge >= 0.3 is 5.97 Å². The van der Waals surface area contributed by atoms with Crippen LogP contribution in [0.5, 0.6) is 11.5 Å². The van der Waals surface area contributed by atoms with Crippen LogP contribution in [0, 0.1) is 11.6 Å². The highest BCUT2D eigenvalue weighted by atomic mass is 35.5. The summed E-state index contributed by atoms with van der Waals surface area (Å²) >= 11 is 5.71. The summed E-state index contributed by atoms with van der Waals surface area (Å²) in [6.07, 6.45) is 0. The molecule has 22 heavy (non-hydrogen) atoms. The number of benzene rings is 2. The van der Waals surface area contributed by atoms with E-state index in [-0.39, 0.29) is 24.0 Å². The first-order chi connectivity index (χ1) is 10.5.